The minimum absolute atomic E-state index is 0.0772. The smallest absolute Gasteiger partial charge is 0.253 e. The maximum atomic E-state index is 11.8. The van der Waals surface area contributed by atoms with E-state index in [0.717, 1.165) is 29.4 Å². The molecule has 1 aromatic rings. The molecule has 1 aliphatic heterocycles. The summed E-state index contributed by atoms with van der Waals surface area (Å²) in [7, 11) is 0. The fourth-order valence-corrected chi connectivity index (χ4v) is 1.99. The number of rotatable bonds is 2. The van der Waals surface area contributed by atoms with Crippen LogP contribution < -0.4 is 5.32 Å². The normalized spacial score (nSPS) is 20.4. The van der Waals surface area contributed by atoms with Gasteiger partial charge in [0.15, 0.2) is 0 Å². The number of ether oxygens (including phenoxy) is 1. The minimum atomic E-state index is -0.311. The number of carbonyl (C=O) groups excluding carboxylic acids is 1. The van der Waals surface area contributed by atoms with Crippen molar-refractivity contribution in [1.29, 1.82) is 0 Å². The Kier molecular flexibility index (Phi) is 3.90. The van der Waals surface area contributed by atoms with Crippen LogP contribution in [0.3, 0.4) is 0 Å². The molecule has 0 saturated carbocycles. The van der Waals surface area contributed by atoms with Crippen LogP contribution in [0.5, 0.6) is 0 Å². The number of nitrogens with zero attached hydrogens (tertiary/aromatic N) is 1. The summed E-state index contributed by atoms with van der Waals surface area (Å²) in [4.78, 5) is 15.8. The molecular weight excluding hydrogens is 272 g/mol. The molecule has 1 amide bonds. The van der Waals surface area contributed by atoms with Crippen molar-refractivity contribution < 1.29 is 9.53 Å². The van der Waals surface area contributed by atoms with Gasteiger partial charge in [0.25, 0.3) is 5.91 Å². The molecule has 0 spiro atoms. The zero-order valence-corrected chi connectivity index (χ0v) is 10.4. The Morgan fingerprint density at radius 1 is 1.56 bits per heavy atom. The lowest BCUT2D eigenvalue weighted by Gasteiger charge is -2.21. The first-order valence-corrected chi connectivity index (χ1v) is 6.08. The highest BCUT2D eigenvalue weighted by molar-refractivity contribution is 9.10. The quantitative estimate of drug-likeness (QED) is 0.907. The number of carbonyl (C=O) groups is 1. The number of pyridine rings is 1. The molecule has 0 aliphatic carbocycles. The maximum Gasteiger partial charge on any atom is 0.253 e. The van der Waals surface area contributed by atoms with Crippen molar-refractivity contribution in [3.05, 3.63) is 22.9 Å². The summed E-state index contributed by atoms with van der Waals surface area (Å²) in [5.41, 5.74) is 0.731. The van der Waals surface area contributed by atoms with Crippen molar-refractivity contribution in [2.45, 2.75) is 25.4 Å². The van der Waals surface area contributed by atoms with Crippen molar-refractivity contribution >= 4 is 27.5 Å². The van der Waals surface area contributed by atoms with Gasteiger partial charge in [-0.15, -0.1) is 0 Å². The molecule has 1 unspecified atom stereocenters. The lowest BCUT2D eigenvalue weighted by Crippen LogP contribution is -2.33. The predicted octanol–water partition coefficient (Wildman–Crippen LogP) is 2.35. The SMILES string of the molecule is O=C(Nc1ccncc1Br)C1CCCCO1. The van der Waals surface area contributed by atoms with Gasteiger partial charge in [0.1, 0.15) is 6.10 Å². The molecule has 1 aromatic heterocycles. The van der Waals surface area contributed by atoms with E-state index in [-0.39, 0.29) is 12.0 Å². The third-order valence-corrected chi connectivity index (χ3v) is 3.13. The fourth-order valence-electron chi connectivity index (χ4n) is 1.64. The van der Waals surface area contributed by atoms with Gasteiger partial charge in [-0.3, -0.25) is 9.78 Å². The zero-order chi connectivity index (χ0) is 11.4. The summed E-state index contributed by atoms with van der Waals surface area (Å²) in [5, 5.41) is 2.83. The summed E-state index contributed by atoms with van der Waals surface area (Å²) in [5.74, 6) is -0.0772. The molecule has 0 bridgehead atoms. The molecule has 16 heavy (non-hydrogen) atoms. The van der Waals surface area contributed by atoms with E-state index in [0.29, 0.717) is 6.61 Å². The number of hydrogen-bond acceptors (Lipinski definition) is 3. The van der Waals surface area contributed by atoms with Crippen LogP contribution in [-0.2, 0) is 9.53 Å². The zero-order valence-electron chi connectivity index (χ0n) is 8.78. The lowest BCUT2D eigenvalue weighted by atomic mass is 10.1. The van der Waals surface area contributed by atoms with Gasteiger partial charge in [-0.25, -0.2) is 0 Å². The monoisotopic (exact) mass is 284 g/mol. The second-order valence-electron chi connectivity index (χ2n) is 3.70. The number of halogens is 1. The standard InChI is InChI=1S/C11H13BrN2O2/c12-8-7-13-5-4-9(8)14-11(15)10-3-1-2-6-16-10/h4-5,7,10H,1-3,6H2,(H,13,14,15). The third-order valence-electron chi connectivity index (χ3n) is 2.50. The molecule has 86 valence electrons. The molecule has 1 fully saturated rings. The van der Waals surface area contributed by atoms with E-state index in [1.165, 1.54) is 0 Å². The molecule has 5 heteroatoms. The van der Waals surface area contributed by atoms with E-state index in [9.17, 15) is 4.79 Å². The van der Waals surface area contributed by atoms with Crippen LogP contribution in [0, 0.1) is 0 Å². The van der Waals surface area contributed by atoms with Crippen molar-refractivity contribution in [3.8, 4) is 0 Å². The summed E-state index contributed by atoms with van der Waals surface area (Å²) >= 11 is 3.33. The number of amides is 1. The summed E-state index contributed by atoms with van der Waals surface area (Å²) in [6.45, 7) is 0.676. The second-order valence-corrected chi connectivity index (χ2v) is 4.55. The Hall–Kier alpha value is -0.940. The van der Waals surface area contributed by atoms with Gasteiger partial charge in [-0.1, -0.05) is 0 Å². The van der Waals surface area contributed by atoms with Crippen molar-refractivity contribution in [2.75, 3.05) is 11.9 Å². The van der Waals surface area contributed by atoms with Crippen molar-refractivity contribution in [3.63, 3.8) is 0 Å². The molecule has 1 saturated heterocycles. The molecule has 1 aliphatic rings. The van der Waals surface area contributed by atoms with Crippen LogP contribution in [0.4, 0.5) is 5.69 Å². The Morgan fingerprint density at radius 3 is 3.12 bits per heavy atom. The topological polar surface area (TPSA) is 51.2 Å². The van der Waals surface area contributed by atoms with Gasteiger partial charge >= 0.3 is 0 Å². The Bertz CT molecular complexity index is 378. The van der Waals surface area contributed by atoms with Crippen LogP contribution in [0.1, 0.15) is 19.3 Å². The van der Waals surface area contributed by atoms with E-state index in [4.69, 9.17) is 4.74 Å². The van der Waals surface area contributed by atoms with E-state index < -0.39 is 0 Å². The Balaban J connectivity index is 1.99. The summed E-state index contributed by atoms with van der Waals surface area (Å²) in [6, 6.07) is 1.75. The van der Waals surface area contributed by atoms with Gasteiger partial charge in [-0.05, 0) is 41.3 Å². The molecular formula is C11H13BrN2O2. The summed E-state index contributed by atoms with van der Waals surface area (Å²) in [6.07, 6.45) is 5.88. The van der Waals surface area contributed by atoms with E-state index in [1.807, 2.05) is 0 Å². The van der Waals surface area contributed by atoms with Crippen LogP contribution in [-0.4, -0.2) is 23.6 Å². The molecule has 1 N–H and O–H groups in total. The van der Waals surface area contributed by atoms with Crippen LogP contribution >= 0.6 is 15.9 Å². The first-order chi connectivity index (χ1) is 7.77. The van der Waals surface area contributed by atoms with E-state index >= 15 is 0 Å². The van der Waals surface area contributed by atoms with Gasteiger partial charge in [-0.2, -0.15) is 0 Å². The number of hydrogen-bond donors (Lipinski definition) is 1. The number of aromatic nitrogens is 1. The minimum Gasteiger partial charge on any atom is -0.368 e. The van der Waals surface area contributed by atoms with E-state index in [2.05, 4.69) is 26.2 Å². The van der Waals surface area contributed by atoms with Crippen LogP contribution in [0.15, 0.2) is 22.9 Å². The Morgan fingerprint density at radius 2 is 2.44 bits per heavy atom. The van der Waals surface area contributed by atoms with Gasteiger partial charge < -0.3 is 10.1 Å². The van der Waals surface area contributed by atoms with Crippen LogP contribution in [0.25, 0.3) is 0 Å². The molecule has 2 rings (SSSR count). The third kappa shape index (κ3) is 2.80. The predicted molar refractivity (Wildman–Crippen MR) is 64.2 cm³/mol. The van der Waals surface area contributed by atoms with Gasteiger partial charge in [0.2, 0.25) is 0 Å². The highest BCUT2D eigenvalue weighted by Gasteiger charge is 2.22. The van der Waals surface area contributed by atoms with Crippen LogP contribution in [0.2, 0.25) is 0 Å². The molecule has 0 radical (unpaired) electrons. The molecule has 2 heterocycles. The lowest BCUT2D eigenvalue weighted by molar-refractivity contribution is -0.129. The first-order valence-electron chi connectivity index (χ1n) is 5.29. The maximum absolute atomic E-state index is 11.8. The molecule has 1 atom stereocenters. The molecule has 4 nitrogen and oxygen atoms in total. The summed E-state index contributed by atoms with van der Waals surface area (Å²) < 4.78 is 6.19. The Labute approximate surface area is 103 Å². The van der Waals surface area contributed by atoms with Crippen molar-refractivity contribution in [1.82, 2.24) is 4.98 Å². The van der Waals surface area contributed by atoms with E-state index in [1.54, 1.807) is 18.5 Å². The highest BCUT2D eigenvalue weighted by Crippen LogP contribution is 2.21. The van der Waals surface area contributed by atoms with Gasteiger partial charge in [0.05, 0.1) is 10.2 Å². The molecule has 0 aromatic carbocycles. The number of nitrogens with one attached hydrogen (secondary N) is 1. The number of anilines is 1. The van der Waals surface area contributed by atoms with Crippen molar-refractivity contribution in [2.24, 2.45) is 0 Å². The first kappa shape index (κ1) is 11.5. The van der Waals surface area contributed by atoms with Gasteiger partial charge in [0, 0.05) is 19.0 Å². The highest BCUT2D eigenvalue weighted by atomic mass is 79.9. The average molecular weight is 285 g/mol. The fraction of sp³-hybridized carbons (Fsp3) is 0.455. The largest absolute Gasteiger partial charge is 0.368 e. The second kappa shape index (κ2) is 5.41. The average Bonchev–Trinajstić information content (AvgIpc) is 2.33.